The molecule has 0 N–H and O–H groups in total. The van der Waals surface area contributed by atoms with Crippen molar-refractivity contribution in [3.05, 3.63) is 23.3 Å². The van der Waals surface area contributed by atoms with Crippen LogP contribution in [0.15, 0.2) is 12.1 Å². The van der Waals surface area contributed by atoms with Gasteiger partial charge in [0, 0.05) is 26.2 Å². The molecule has 8 heteroatoms. The van der Waals surface area contributed by atoms with Crippen molar-refractivity contribution in [2.75, 3.05) is 33.9 Å². The second-order valence-electron chi connectivity index (χ2n) is 6.64. The highest BCUT2D eigenvalue weighted by molar-refractivity contribution is 7.86. The van der Waals surface area contributed by atoms with E-state index < -0.39 is 10.2 Å². The molecule has 2 unspecified atom stereocenters. The van der Waals surface area contributed by atoms with E-state index in [1.54, 1.807) is 18.5 Å². The number of fused-ring (bicyclic) bond motifs is 1. The number of rotatable bonds is 4. The SMILES string of the molecule is COc1cc2c(cc1OC)CN(S(=O)(=O)N1CC(C)OC(C)C1)CC2. The Balaban J connectivity index is 1.84. The molecule has 7 nitrogen and oxygen atoms in total. The first-order valence-electron chi connectivity index (χ1n) is 8.49. The van der Waals surface area contributed by atoms with Crippen molar-refractivity contribution in [3.63, 3.8) is 0 Å². The minimum Gasteiger partial charge on any atom is -0.493 e. The number of benzene rings is 1. The van der Waals surface area contributed by atoms with Gasteiger partial charge in [-0.2, -0.15) is 17.0 Å². The first-order chi connectivity index (χ1) is 11.8. The van der Waals surface area contributed by atoms with Gasteiger partial charge in [-0.1, -0.05) is 0 Å². The van der Waals surface area contributed by atoms with Gasteiger partial charge < -0.3 is 14.2 Å². The molecule has 1 fully saturated rings. The fourth-order valence-corrected chi connectivity index (χ4v) is 5.28. The highest BCUT2D eigenvalue weighted by Gasteiger charge is 2.36. The lowest BCUT2D eigenvalue weighted by Crippen LogP contribution is -2.53. The molecule has 140 valence electrons. The summed E-state index contributed by atoms with van der Waals surface area (Å²) in [7, 11) is -0.331. The molecule has 0 aromatic heterocycles. The van der Waals surface area contributed by atoms with Crippen LogP contribution < -0.4 is 9.47 Å². The van der Waals surface area contributed by atoms with E-state index in [0.717, 1.165) is 11.1 Å². The Hall–Kier alpha value is -1.35. The van der Waals surface area contributed by atoms with Crippen molar-refractivity contribution in [1.29, 1.82) is 0 Å². The number of hydrogen-bond acceptors (Lipinski definition) is 5. The lowest BCUT2D eigenvalue weighted by atomic mass is 10.0. The monoisotopic (exact) mass is 370 g/mol. The van der Waals surface area contributed by atoms with E-state index in [1.807, 2.05) is 26.0 Å². The Labute approximate surface area is 149 Å². The molecule has 0 radical (unpaired) electrons. The van der Waals surface area contributed by atoms with E-state index in [0.29, 0.717) is 44.1 Å². The third-order valence-corrected chi connectivity index (χ3v) is 6.64. The average molecular weight is 370 g/mol. The van der Waals surface area contributed by atoms with Gasteiger partial charge in [-0.3, -0.25) is 0 Å². The molecule has 3 rings (SSSR count). The van der Waals surface area contributed by atoms with Crippen molar-refractivity contribution in [2.24, 2.45) is 0 Å². The zero-order valence-corrected chi connectivity index (χ0v) is 16.0. The fraction of sp³-hybridized carbons (Fsp3) is 0.647. The zero-order chi connectivity index (χ0) is 18.2. The lowest BCUT2D eigenvalue weighted by Gasteiger charge is -2.38. The molecule has 2 atom stereocenters. The van der Waals surface area contributed by atoms with Gasteiger partial charge in [0.2, 0.25) is 0 Å². The molecular weight excluding hydrogens is 344 g/mol. The highest BCUT2D eigenvalue weighted by atomic mass is 32.2. The largest absolute Gasteiger partial charge is 0.493 e. The van der Waals surface area contributed by atoms with Crippen LogP contribution in [0, 0.1) is 0 Å². The maximum atomic E-state index is 13.1. The quantitative estimate of drug-likeness (QED) is 0.802. The number of morpholine rings is 1. The third kappa shape index (κ3) is 3.62. The minimum atomic E-state index is -3.51. The molecule has 1 saturated heterocycles. The number of nitrogens with zero attached hydrogens (tertiary/aromatic N) is 2. The molecule has 1 aromatic rings. The number of ether oxygens (including phenoxy) is 3. The topological polar surface area (TPSA) is 68.3 Å². The molecule has 2 aliphatic rings. The van der Waals surface area contributed by atoms with Crippen LogP contribution >= 0.6 is 0 Å². The van der Waals surface area contributed by atoms with E-state index in [-0.39, 0.29) is 12.2 Å². The van der Waals surface area contributed by atoms with Crippen molar-refractivity contribution < 1.29 is 22.6 Å². The molecule has 2 aliphatic heterocycles. The summed E-state index contributed by atoms with van der Waals surface area (Å²) in [5, 5.41) is 0. The van der Waals surface area contributed by atoms with Gasteiger partial charge >= 0.3 is 0 Å². The van der Waals surface area contributed by atoms with Crippen molar-refractivity contribution in [1.82, 2.24) is 8.61 Å². The molecule has 25 heavy (non-hydrogen) atoms. The molecule has 0 saturated carbocycles. The number of methoxy groups -OCH3 is 2. The Morgan fingerprint density at radius 3 is 2.12 bits per heavy atom. The van der Waals surface area contributed by atoms with Gasteiger partial charge in [0.15, 0.2) is 11.5 Å². The van der Waals surface area contributed by atoms with Crippen molar-refractivity contribution >= 4 is 10.2 Å². The smallest absolute Gasteiger partial charge is 0.282 e. The first kappa shape index (κ1) is 18.4. The van der Waals surface area contributed by atoms with Crippen LogP contribution in [0.25, 0.3) is 0 Å². The van der Waals surface area contributed by atoms with Gasteiger partial charge in [-0.25, -0.2) is 0 Å². The van der Waals surface area contributed by atoms with Crippen LogP contribution in [0.2, 0.25) is 0 Å². The van der Waals surface area contributed by atoms with Crippen molar-refractivity contribution in [2.45, 2.75) is 39.0 Å². The maximum absolute atomic E-state index is 13.1. The van der Waals surface area contributed by atoms with Gasteiger partial charge in [-0.05, 0) is 43.5 Å². The number of hydrogen-bond donors (Lipinski definition) is 0. The lowest BCUT2D eigenvalue weighted by molar-refractivity contribution is -0.0455. The second kappa shape index (κ2) is 7.11. The second-order valence-corrected chi connectivity index (χ2v) is 8.57. The van der Waals surface area contributed by atoms with Crippen LogP contribution in [0.5, 0.6) is 11.5 Å². The summed E-state index contributed by atoms with van der Waals surface area (Å²) >= 11 is 0. The molecule has 0 aliphatic carbocycles. The van der Waals surface area contributed by atoms with Gasteiger partial charge in [0.1, 0.15) is 0 Å². The zero-order valence-electron chi connectivity index (χ0n) is 15.2. The first-order valence-corrected chi connectivity index (χ1v) is 9.89. The third-order valence-electron chi connectivity index (χ3n) is 4.72. The van der Waals surface area contributed by atoms with Crippen LogP contribution in [0.3, 0.4) is 0 Å². The highest BCUT2D eigenvalue weighted by Crippen LogP contribution is 2.34. The Bertz CT molecular complexity index is 727. The molecule has 2 heterocycles. The minimum absolute atomic E-state index is 0.0973. The van der Waals surface area contributed by atoms with E-state index in [2.05, 4.69) is 0 Å². The standard InChI is InChI=1S/C17H26N2O5S/c1-12-9-19(10-13(2)24-12)25(20,21)18-6-5-14-7-16(22-3)17(23-4)8-15(14)11-18/h7-8,12-13H,5-6,9-11H2,1-4H3. The van der Waals surface area contributed by atoms with Gasteiger partial charge in [-0.15, -0.1) is 0 Å². The normalized spacial score (nSPS) is 25.4. The van der Waals surface area contributed by atoms with Gasteiger partial charge in [0.25, 0.3) is 10.2 Å². The molecule has 1 aromatic carbocycles. The summed E-state index contributed by atoms with van der Waals surface area (Å²) in [6.45, 7) is 5.40. The molecule has 0 amide bonds. The Morgan fingerprint density at radius 2 is 1.56 bits per heavy atom. The molecule has 0 bridgehead atoms. The van der Waals surface area contributed by atoms with E-state index in [9.17, 15) is 8.42 Å². The van der Waals surface area contributed by atoms with Crippen LogP contribution in [-0.2, 0) is 27.9 Å². The van der Waals surface area contributed by atoms with Crippen molar-refractivity contribution in [3.8, 4) is 11.5 Å². The summed E-state index contributed by atoms with van der Waals surface area (Å²) in [5.41, 5.74) is 2.06. The Morgan fingerprint density at radius 1 is 1.00 bits per heavy atom. The predicted molar refractivity (Wildman–Crippen MR) is 94.2 cm³/mol. The van der Waals surface area contributed by atoms with E-state index >= 15 is 0 Å². The maximum Gasteiger partial charge on any atom is 0.282 e. The summed E-state index contributed by atoms with van der Waals surface area (Å²) in [5.74, 6) is 1.29. The Kier molecular flexibility index (Phi) is 5.24. The summed E-state index contributed by atoms with van der Waals surface area (Å²) in [6, 6.07) is 3.82. The molecular formula is C17H26N2O5S. The molecule has 0 spiro atoms. The fourth-order valence-electron chi connectivity index (χ4n) is 3.54. The summed E-state index contributed by atoms with van der Waals surface area (Å²) in [6.07, 6.45) is 0.463. The summed E-state index contributed by atoms with van der Waals surface area (Å²) in [4.78, 5) is 0. The average Bonchev–Trinajstić information content (AvgIpc) is 2.59. The van der Waals surface area contributed by atoms with Crippen LogP contribution in [0.1, 0.15) is 25.0 Å². The predicted octanol–water partition coefficient (Wildman–Crippen LogP) is 1.42. The van der Waals surface area contributed by atoms with Gasteiger partial charge in [0.05, 0.1) is 26.4 Å². The van der Waals surface area contributed by atoms with E-state index in [1.165, 1.54) is 4.31 Å². The van der Waals surface area contributed by atoms with Crippen LogP contribution in [0.4, 0.5) is 0 Å². The summed E-state index contributed by atoms with van der Waals surface area (Å²) < 4.78 is 45.5. The van der Waals surface area contributed by atoms with E-state index in [4.69, 9.17) is 14.2 Å². The van der Waals surface area contributed by atoms with Crippen LogP contribution in [-0.4, -0.2) is 63.1 Å².